The number of halogens is 4. The van der Waals surface area contributed by atoms with Crippen molar-refractivity contribution in [2.45, 2.75) is 25.9 Å². The lowest BCUT2D eigenvalue weighted by molar-refractivity contribution is -0.153. The molecule has 1 saturated carbocycles. The Kier molecular flexibility index (Phi) is 5.57. The van der Waals surface area contributed by atoms with E-state index in [1.165, 1.54) is 16.8 Å². The van der Waals surface area contributed by atoms with Crippen LogP contribution in [0.15, 0.2) is 40.9 Å². The number of fused-ring (bicyclic) bond motifs is 1. The minimum absolute atomic E-state index is 0.0166. The van der Waals surface area contributed by atoms with Crippen molar-refractivity contribution in [1.29, 1.82) is 0 Å². The number of hydrogen-bond donors (Lipinski definition) is 2. The van der Waals surface area contributed by atoms with Crippen molar-refractivity contribution in [1.82, 2.24) is 19.6 Å². The first-order valence-corrected chi connectivity index (χ1v) is 10.6. The zero-order chi connectivity index (χ0) is 25.6. The number of aromatic nitrogens is 4. The van der Waals surface area contributed by atoms with E-state index in [0.29, 0.717) is 5.65 Å². The largest absolute Gasteiger partial charge is 0.456 e. The molecule has 0 aliphatic heterocycles. The summed E-state index contributed by atoms with van der Waals surface area (Å²) in [4.78, 5) is 32.0. The first-order valence-electron chi connectivity index (χ1n) is 10.6. The summed E-state index contributed by atoms with van der Waals surface area (Å²) in [7, 11) is 0. The number of rotatable bonds is 6. The summed E-state index contributed by atoms with van der Waals surface area (Å²) in [6, 6.07) is 6.46. The van der Waals surface area contributed by atoms with Gasteiger partial charge in [-0.05, 0) is 37.1 Å². The maximum Gasteiger partial charge on any atom is 0.452 e. The van der Waals surface area contributed by atoms with Gasteiger partial charge < -0.3 is 14.5 Å². The normalized spacial score (nSPS) is 13.6. The third kappa shape index (κ3) is 4.82. The molecular weight excluding hydrogens is 488 g/mol. The summed E-state index contributed by atoms with van der Waals surface area (Å²) < 4.78 is 65.2. The standard InChI is InChI=1S/C22H16F4N6O4/c1-10-27-17(18(35-10)22(24,25)26)20(34)28-15-8-12(4-6-14(15)23)36-13-5-7-16-29-21(31-32(16)9-13)30-19(33)11-2-3-11/h4-9,11H,2-3H2,1H3,(H,28,34)(H,30,31,33). The van der Waals surface area contributed by atoms with Crippen molar-refractivity contribution in [3.05, 3.63) is 59.7 Å². The average molecular weight is 504 g/mol. The Hall–Kier alpha value is -4.49. The van der Waals surface area contributed by atoms with Crippen LogP contribution in [0.5, 0.6) is 11.5 Å². The molecule has 2 N–H and O–H groups in total. The third-order valence-electron chi connectivity index (χ3n) is 5.12. The van der Waals surface area contributed by atoms with Crippen LogP contribution in [0.2, 0.25) is 0 Å². The van der Waals surface area contributed by atoms with Crippen LogP contribution in [-0.4, -0.2) is 31.4 Å². The molecule has 0 radical (unpaired) electrons. The molecule has 4 aromatic rings. The number of benzene rings is 1. The predicted octanol–water partition coefficient (Wildman–Crippen LogP) is 4.58. The van der Waals surface area contributed by atoms with Crippen LogP contribution in [0.1, 0.15) is 35.0 Å². The van der Waals surface area contributed by atoms with E-state index in [0.717, 1.165) is 31.9 Å². The Labute approximate surface area is 199 Å². The molecule has 36 heavy (non-hydrogen) atoms. The highest BCUT2D eigenvalue weighted by Crippen LogP contribution is 2.34. The van der Waals surface area contributed by atoms with Crippen molar-refractivity contribution in [3.63, 3.8) is 0 Å². The Morgan fingerprint density at radius 2 is 1.86 bits per heavy atom. The van der Waals surface area contributed by atoms with Gasteiger partial charge in [0.25, 0.3) is 5.91 Å². The Bertz CT molecular complexity index is 1490. The fourth-order valence-electron chi connectivity index (χ4n) is 3.29. The van der Waals surface area contributed by atoms with Crippen LogP contribution in [-0.2, 0) is 11.0 Å². The fourth-order valence-corrected chi connectivity index (χ4v) is 3.29. The number of oxazole rings is 1. The molecule has 0 spiro atoms. The quantitative estimate of drug-likeness (QED) is 0.369. The molecule has 1 aliphatic rings. The van der Waals surface area contributed by atoms with Gasteiger partial charge in [-0.1, -0.05) is 0 Å². The number of anilines is 2. The topological polar surface area (TPSA) is 124 Å². The summed E-state index contributed by atoms with van der Waals surface area (Å²) in [5.41, 5.74) is -1.02. The zero-order valence-corrected chi connectivity index (χ0v) is 18.4. The van der Waals surface area contributed by atoms with E-state index < -0.39 is 35.0 Å². The summed E-state index contributed by atoms with van der Waals surface area (Å²) in [6.45, 7) is 1.15. The second kappa shape index (κ2) is 8.62. The van der Waals surface area contributed by atoms with E-state index in [1.54, 1.807) is 12.1 Å². The molecule has 0 unspecified atom stereocenters. The highest BCUT2D eigenvalue weighted by Gasteiger charge is 2.41. The number of alkyl halides is 3. The van der Waals surface area contributed by atoms with E-state index in [4.69, 9.17) is 4.74 Å². The Morgan fingerprint density at radius 3 is 2.58 bits per heavy atom. The highest BCUT2D eigenvalue weighted by atomic mass is 19.4. The lowest BCUT2D eigenvalue weighted by Gasteiger charge is -2.10. The second-order valence-electron chi connectivity index (χ2n) is 7.97. The minimum Gasteiger partial charge on any atom is -0.456 e. The number of nitrogens with one attached hydrogen (secondary N) is 2. The minimum atomic E-state index is -4.96. The van der Waals surface area contributed by atoms with Crippen LogP contribution >= 0.6 is 0 Å². The van der Waals surface area contributed by atoms with Crippen LogP contribution in [0, 0.1) is 18.7 Å². The number of aryl methyl sites for hydroxylation is 1. The Balaban J connectivity index is 1.33. The molecule has 3 heterocycles. The number of nitrogens with zero attached hydrogens (tertiary/aromatic N) is 4. The van der Waals surface area contributed by atoms with Gasteiger partial charge in [0.1, 0.15) is 17.3 Å². The predicted molar refractivity (Wildman–Crippen MR) is 115 cm³/mol. The van der Waals surface area contributed by atoms with Crippen LogP contribution in [0.4, 0.5) is 29.2 Å². The number of carbonyl (C=O) groups is 2. The van der Waals surface area contributed by atoms with E-state index in [1.807, 2.05) is 0 Å². The van der Waals surface area contributed by atoms with E-state index in [2.05, 4.69) is 30.1 Å². The molecule has 1 aliphatic carbocycles. The lowest BCUT2D eigenvalue weighted by atomic mass is 10.2. The smallest absolute Gasteiger partial charge is 0.452 e. The number of hydrogen-bond acceptors (Lipinski definition) is 7. The number of amides is 2. The summed E-state index contributed by atoms with van der Waals surface area (Å²) in [6.07, 6.45) is -1.83. The summed E-state index contributed by atoms with van der Waals surface area (Å²) in [5, 5.41) is 8.86. The van der Waals surface area contributed by atoms with Crippen LogP contribution in [0.25, 0.3) is 5.65 Å². The molecule has 0 saturated heterocycles. The van der Waals surface area contributed by atoms with Crippen LogP contribution in [0.3, 0.4) is 0 Å². The maximum atomic E-state index is 14.3. The Morgan fingerprint density at radius 1 is 1.11 bits per heavy atom. The van der Waals surface area contributed by atoms with Gasteiger partial charge in [0, 0.05) is 18.9 Å². The van der Waals surface area contributed by atoms with Gasteiger partial charge in [-0.3, -0.25) is 14.9 Å². The number of pyridine rings is 1. The first-order chi connectivity index (χ1) is 17.1. The monoisotopic (exact) mass is 504 g/mol. The maximum absolute atomic E-state index is 14.3. The van der Waals surface area contributed by atoms with Gasteiger partial charge >= 0.3 is 6.18 Å². The second-order valence-corrected chi connectivity index (χ2v) is 7.97. The van der Waals surface area contributed by atoms with Crippen molar-refractivity contribution >= 4 is 29.1 Å². The van der Waals surface area contributed by atoms with E-state index >= 15 is 0 Å². The number of carbonyl (C=O) groups excluding carboxylic acids is 2. The first kappa shape index (κ1) is 23.3. The van der Waals surface area contributed by atoms with Gasteiger partial charge in [0.05, 0.1) is 11.9 Å². The lowest BCUT2D eigenvalue weighted by Crippen LogP contribution is -2.18. The molecular formula is C22H16F4N6O4. The zero-order valence-electron chi connectivity index (χ0n) is 18.4. The van der Waals surface area contributed by atoms with Crippen molar-refractivity contribution < 1.29 is 36.3 Å². The van der Waals surface area contributed by atoms with Crippen molar-refractivity contribution in [3.8, 4) is 11.5 Å². The molecule has 5 rings (SSSR count). The molecule has 3 aromatic heterocycles. The molecule has 1 fully saturated rings. The molecule has 1 aromatic carbocycles. The average Bonchev–Trinajstić information content (AvgIpc) is 3.47. The molecule has 2 amide bonds. The highest BCUT2D eigenvalue weighted by molar-refractivity contribution is 6.03. The molecule has 186 valence electrons. The van der Waals surface area contributed by atoms with Gasteiger partial charge in [0.15, 0.2) is 17.2 Å². The molecule has 10 nitrogen and oxygen atoms in total. The molecule has 0 bridgehead atoms. The molecule has 0 atom stereocenters. The number of ether oxygens (including phenoxy) is 1. The summed E-state index contributed by atoms with van der Waals surface area (Å²) >= 11 is 0. The van der Waals surface area contributed by atoms with Gasteiger partial charge in [-0.15, -0.1) is 5.10 Å². The van der Waals surface area contributed by atoms with E-state index in [-0.39, 0.29) is 35.2 Å². The van der Waals surface area contributed by atoms with Crippen molar-refractivity contribution in [2.24, 2.45) is 5.92 Å². The molecule has 14 heteroatoms. The third-order valence-corrected chi connectivity index (χ3v) is 5.12. The van der Waals surface area contributed by atoms with Gasteiger partial charge in [-0.25, -0.2) is 13.9 Å². The van der Waals surface area contributed by atoms with Gasteiger partial charge in [-0.2, -0.15) is 18.2 Å². The van der Waals surface area contributed by atoms with E-state index in [9.17, 15) is 27.2 Å². The van der Waals surface area contributed by atoms with Gasteiger partial charge in [0.2, 0.25) is 17.6 Å². The summed E-state index contributed by atoms with van der Waals surface area (Å²) in [5.74, 6) is -3.88. The van der Waals surface area contributed by atoms with Crippen LogP contribution < -0.4 is 15.4 Å². The SMILES string of the molecule is Cc1nc(C(=O)Nc2cc(Oc3ccc4nc(NC(=O)C5CC5)nn4c3)ccc2F)c(C(F)(F)F)o1. The van der Waals surface area contributed by atoms with Crippen molar-refractivity contribution in [2.75, 3.05) is 10.6 Å². The fraction of sp³-hybridized carbons (Fsp3) is 0.227.